The molecule has 0 unspecified atom stereocenters. The third-order valence-corrected chi connectivity index (χ3v) is 1.83. The van der Waals surface area contributed by atoms with Crippen molar-refractivity contribution in [2.24, 2.45) is 5.73 Å². The Balaban J connectivity index is 0.00000169. The first-order valence-electron chi connectivity index (χ1n) is 3.91. The summed E-state index contributed by atoms with van der Waals surface area (Å²) in [5.74, 6) is -1.19. The molecule has 3 nitrogen and oxygen atoms in total. The van der Waals surface area contributed by atoms with E-state index in [1.54, 1.807) is 13.0 Å². The van der Waals surface area contributed by atoms with Gasteiger partial charge in [0, 0.05) is 5.56 Å². The predicted molar refractivity (Wildman–Crippen MR) is 54.1 cm³/mol. The van der Waals surface area contributed by atoms with Crippen LogP contribution in [0, 0.1) is 12.7 Å². The van der Waals surface area contributed by atoms with Crippen molar-refractivity contribution in [1.29, 1.82) is 0 Å². The van der Waals surface area contributed by atoms with Gasteiger partial charge in [-0.3, -0.25) is 0 Å². The number of aliphatic hydroxyl groups is 1. The molecular weight excluding hydrogens is 209 g/mol. The van der Waals surface area contributed by atoms with Gasteiger partial charge in [0.1, 0.15) is 0 Å². The second-order valence-electron chi connectivity index (χ2n) is 2.97. The van der Waals surface area contributed by atoms with Gasteiger partial charge in [-0.25, -0.2) is 4.39 Å². The number of phenolic OH excluding ortho intramolecular Hbond substituents is 1. The van der Waals surface area contributed by atoms with Crippen LogP contribution >= 0.6 is 12.4 Å². The molecular formula is C9H13ClFNO2. The average molecular weight is 222 g/mol. The number of halogens is 2. The van der Waals surface area contributed by atoms with Gasteiger partial charge in [0.25, 0.3) is 0 Å². The first-order chi connectivity index (χ1) is 6.06. The Labute approximate surface area is 87.8 Å². The zero-order chi connectivity index (χ0) is 10.0. The van der Waals surface area contributed by atoms with Crippen molar-refractivity contribution in [3.05, 3.63) is 29.1 Å². The standard InChI is InChI=1S/C9H12FNO2.ClH/c1-5-2-6(8(11)4-12)9(13)7(10)3-5;/h2-3,8,12-13H,4,11H2,1H3;1H/t8-;/m0./s1. The van der Waals surface area contributed by atoms with Crippen LogP contribution in [0.1, 0.15) is 17.2 Å². The van der Waals surface area contributed by atoms with Gasteiger partial charge < -0.3 is 15.9 Å². The van der Waals surface area contributed by atoms with Crippen LogP contribution in [0.4, 0.5) is 4.39 Å². The molecule has 0 bridgehead atoms. The van der Waals surface area contributed by atoms with E-state index in [4.69, 9.17) is 10.8 Å². The van der Waals surface area contributed by atoms with Crippen molar-refractivity contribution in [3.8, 4) is 5.75 Å². The average Bonchev–Trinajstić information content (AvgIpc) is 2.10. The molecule has 0 aliphatic heterocycles. The minimum absolute atomic E-state index is 0. The molecule has 0 spiro atoms. The van der Waals surface area contributed by atoms with Crippen LogP contribution in [0.2, 0.25) is 0 Å². The number of phenols is 1. The number of nitrogens with two attached hydrogens (primary N) is 1. The first kappa shape index (κ1) is 13.2. The lowest BCUT2D eigenvalue weighted by Crippen LogP contribution is -2.15. The SMILES string of the molecule is Cc1cc(F)c(O)c([C@@H](N)CO)c1.Cl. The number of rotatable bonds is 2. The summed E-state index contributed by atoms with van der Waals surface area (Å²) in [7, 11) is 0. The molecule has 0 radical (unpaired) electrons. The maximum absolute atomic E-state index is 12.9. The van der Waals surface area contributed by atoms with E-state index in [1.807, 2.05) is 0 Å². The summed E-state index contributed by atoms with van der Waals surface area (Å²) >= 11 is 0. The maximum atomic E-state index is 12.9. The van der Waals surface area contributed by atoms with Gasteiger partial charge in [-0.1, -0.05) is 6.07 Å². The topological polar surface area (TPSA) is 66.5 Å². The summed E-state index contributed by atoms with van der Waals surface area (Å²) in [6.07, 6.45) is 0. The second-order valence-corrected chi connectivity index (χ2v) is 2.97. The van der Waals surface area contributed by atoms with Gasteiger partial charge in [-0.15, -0.1) is 12.4 Å². The van der Waals surface area contributed by atoms with E-state index in [9.17, 15) is 9.50 Å². The molecule has 0 amide bonds. The molecule has 80 valence electrons. The maximum Gasteiger partial charge on any atom is 0.165 e. The van der Waals surface area contributed by atoms with Crippen LogP contribution in [-0.4, -0.2) is 16.8 Å². The lowest BCUT2D eigenvalue weighted by atomic mass is 10.0. The molecule has 0 aromatic heterocycles. The molecule has 1 atom stereocenters. The first-order valence-corrected chi connectivity index (χ1v) is 3.91. The van der Waals surface area contributed by atoms with Gasteiger partial charge in [-0.05, 0) is 18.6 Å². The van der Waals surface area contributed by atoms with Crippen molar-refractivity contribution in [2.75, 3.05) is 6.61 Å². The van der Waals surface area contributed by atoms with E-state index >= 15 is 0 Å². The van der Waals surface area contributed by atoms with Crippen LogP contribution in [0.3, 0.4) is 0 Å². The quantitative estimate of drug-likeness (QED) is 0.704. The summed E-state index contributed by atoms with van der Waals surface area (Å²) < 4.78 is 12.9. The van der Waals surface area contributed by atoms with Gasteiger partial charge >= 0.3 is 0 Å². The predicted octanol–water partition coefficient (Wildman–Crippen LogP) is 1.25. The van der Waals surface area contributed by atoms with E-state index in [0.717, 1.165) is 0 Å². The molecule has 0 aliphatic rings. The number of aromatic hydroxyl groups is 1. The molecule has 1 aromatic rings. The van der Waals surface area contributed by atoms with Crippen LogP contribution in [0.15, 0.2) is 12.1 Å². The van der Waals surface area contributed by atoms with E-state index in [0.29, 0.717) is 5.56 Å². The highest BCUT2D eigenvalue weighted by Crippen LogP contribution is 2.26. The summed E-state index contributed by atoms with van der Waals surface area (Å²) in [6.45, 7) is 1.37. The van der Waals surface area contributed by atoms with Gasteiger partial charge in [0.05, 0.1) is 12.6 Å². The Kier molecular flexibility index (Phi) is 4.83. The molecule has 0 heterocycles. The number of hydrogen-bond acceptors (Lipinski definition) is 3. The molecule has 1 rings (SSSR count). The molecule has 0 saturated carbocycles. The molecule has 14 heavy (non-hydrogen) atoms. The summed E-state index contributed by atoms with van der Waals surface area (Å²) in [6, 6.07) is 2.02. The number of benzene rings is 1. The Morgan fingerprint density at radius 3 is 2.57 bits per heavy atom. The molecule has 0 aliphatic carbocycles. The normalized spacial score (nSPS) is 12.0. The smallest absolute Gasteiger partial charge is 0.165 e. The monoisotopic (exact) mass is 221 g/mol. The van der Waals surface area contributed by atoms with Crippen LogP contribution in [0.5, 0.6) is 5.75 Å². The molecule has 0 fully saturated rings. The van der Waals surface area contributed by atoms with Crippen LogP contribution in [-0.2, 0) is 0 Å². The van der Waals surface area contributed by atoms with E-state index in [1.165, 1.54) is 6.07 Å². The zero-order valence-corrected chi connectivity index (χ0v) is 8.51. The molecule has 1 aromatic carbocycles. The number of hydrogen-bond donors (Lipinski definition) is 3. The lowest BCUT2D eigenvalue weighted by Gasteiger charge is -2.11. The minimum Gasteiger partial charge on any atom is -0.505 e. The van der Waals surface area contributed by atoms with Crippen LogP contribution in [0.25, 0.3) is 0 Å². The highest BCUT2D eigenvalue weighted by molar-refractivity contribution is 5.85. The largest absolute Gasteiger partial charge is 0.505 e. The van der Waals surface area contributed by atoms with Crippen molar-refractivity contribution >= 4 is 12.4 Å². The number of aryl methyl sites for hydroxylation is 1. The van der Waals surface area contributed by atoms with Gasteiger partial charge in [0.2, 0.25) is 0 Å². The molecule has 4 N–H and O–H groups in total. The summed E-state index contributed by atoms with van der Waals surface area (Å²) in [4.78, 5) is 0. The highest BCUT2D eigenvalue weighted by Gasteiger charge is 2.13. The Morgan fingerprint density at radius 1 is 1.50 bits per heavy atom. The van der Waals surface area contributed by atoms with Gasteiger partial charge in [-0.2, -0.15) is 0 Å². The van der Waals surface area contributed by atoms with Crippen molar-refractivity contribution < 1.29 is 14.6 Å². The third-order valence-electron chi connectivity index (χ3n) is 1.83. The Morgan fingerprint density at radius 2 is 2.07 bits per heavy atom. The van der Waals surface area contributed by atoms with E-state index in [2.05, 4.69) is 0 Å². The second kappa shape index (κ2) is 5.14. The fourth-order valence-electron chi connectivity index (χ4n) is 1.14. The minimum atomic E-state index is -0.741. The lowest BCUT2D eigenvalue weighted by molar-refractivity contribution is 0.264. The van der Waals surface area contributed by atoms with Crippen molar-refractivity contribution in [1.82, 2.24) is 0 Å². The Hall–Kier alpha value is -0.840. The molecule has 0 saturated heterocycles. The van der Waals surface area contributed by atoms with E-state index < -0.39 is 17.6 Å². The summed E-state index contributed by atoms with van der Waals surface area (Å²) in [5.41, 5.74) is 6.35. The third kappa shape index (κ3) is 2.57. The molecule has 5 heteroatoms. The fraction of sp³-hybridized carbons (Fsp3) is 0.333. The number of aliphatic hydroxyl groups excluding tert-OH is 1. The zero-order valence-electron chi connectivity index (χ0n) is 7.70. The summed E-state index contributed by atoms with van der Waals surface area (Å²) in [5, 5.41) is 18.0. The highest BCUT2D eigenvalue weighted by atomic mass is 35.5. The van der Waals surface area contributed by atoms with Gasteiger partial charge in [0.15, 0.2) is 11.6 Å². The van der Waals surface area contributed by atoms with Crippen LogP contribution < -0.4 is 5.73 Å². The fourth-order valence-corrected chi connectivity index (χ4v) is 1.14. The van der Waals surface area contributed by atoms with Crippen molar-refractivity contribution in [3.63, 3.8) is 0 Å². The van der Waals surface area contributed by atoms with Crippen molar-refractivity contribution in [2.45, 2.75) is 13.0 Å². The Bertz CT molecular complexity index is 320. The van der Waals surface area contributed by atoms with E-state index in [-0.39, 0.29) is 24.6 Å².